The Kier molecular flexibility index (Phi) is 6.42. The second-order valence-electron chi connectivity index (χ2n) is 6.20. The molecule has 1 aliphatic rings. The van der Waals surface area contributed by atoms with Crippen LogP contribution >= 0.6 is 0 Å². The molecule has 2 N–H and O–H groups in total. The van der Waals surface area contributed by atoms with Crippen molar-refractivity contribution in [3.63, 3.8) is 0 Å². The Bertz CT molecular complexity index is 339. The van der Waals surface area contributed by atoms with Gasteiger partial charge in [0.25, 0.3) is 0 Å². The van der Waals surface area contributed by atoms with Crippen LogP contribution in [0.1, 0.15) is 40.0 Å². The van der Waals surface area contributed by atoms with E-state index in [2.05, 4.69) is 5.32 Å². The number of aliphatic carboxylic acids is 1. The van der Waals surface area contributed by atoms with Crippen molar-refractivity contribution in [1.29, 1.82) is 0 Å². The standard InChI is InChI=1S/C14H26N2O4/c1-14(2,3)20-13(19)6-7-15-9-11-5-4-8-16(11)10-12(17)18/h11,15H,4-10H2,1-3H3,(H,17,18)/t11-/m0/s1. The van der Waals surface area contributed by atoms with E-state index in [0.717, 1.165) is 25.9 Å². The predicted molar refractivity (Wildman–Crippen MR) is 75.6 cm³/mol. The van der Waals surface area contributed by atoms with Gasteiger partial charge in [-0.25, -0.2) is 0 Å². The molecular weight excluding hydrogens is 260 g/mol. The van der Waals surface area contributed by atoms with Crippen LogP contribution in [-0.2, 0) is 14.3 Å². The van der Waals surface area contributed by atoms with E-state index in [4.69, 9.17) is 9.84 Å². The number of carbonyl (C=O) groups is 2. The Morgan fingerprint density at radius 3 is 2.70 bits per heavy atom. The Labute approximate surface area is 120 Å². The number of nitrogens with one attached hydrogen (secondary N) is 1. The molecule has 1 heterocycles. The largest absolute Gasteiger partial charge is 0.480 e. The molecule has 0 aliphatic carbocycles. The average molecular weight is 286 g/mol. The molecule has 6 nitrogen and oxygen atoms in total. The number of rotatable bonds is 7. The summed E-state index contributed by atoms with van der Waals surface area (Å²) >= 11 is 0. The molecule has 116 valence electrons. The Balaban J connectivity index is 2.17. The van der Waals surface area contributed by atoms with Gasteiger partial charge in [0.1, 0.15) is 5.60 Å². The quantitative estimate of drug-likeness (QED) is 0.534. The van der Waals surface area contributed by atoms with Crippen LogP contribution in [0.5, 0.6) is 0 Å². The van der Waals surface area contributed by atoms with Gasteiger partial charge in [-0.3, -0.25) is 14.5 Å². The molecule has 0 saturated carbocycles. The summed E-state index contributed by atoms with van der Waals surface area (Å²) in [5, 5.41) is 12.0. The maximum atomic E-state index is 11.5. The minimum Gasteiger partial charge on any atom is -0.480 e. The lowest BCUT2D eigenvalue weighted by Gasteiger charge is -2.23. The number of carbonyl (C=O) groups excluding carboxylic acids is 1. The number of carboxylic acids is 1. The van der Waals surface area contributed by atoms with Gasteiger partial charge in [-0.05, 0) is 40.2 Å². The first kappa shape index (κ1) is 16.9. The van der Waals surface area contributed by atoms with Crippen LogP contribution in [0.2, 0.25) is 0 Å². The molecule has 0 aromatic heterocycles. The molecule has 0 unspecified atom stereocenters. The fraction of sp³-hybridized carbons (Fsp3) is 0.857. The van der Waals surface area contributed by atoms with Gasteiger partial charge in [-0.1, -0.05) is 0 Å². The molecule has 1 saturated heterocycles. The monoisotopic (exact) mass is 286 g/mol. The molecule has 0 bridgehead atoms. The Hall–Kier alpha value is -1.14. The second-order valence-corrected chi connectivity index (χ2v) is 6.20. The molecule has 20 heavy (non-hydrogen) atoms. The third kappa shape index (κ3) is 6.86. The van der Waals surface area contributed by atoms with E-state index < -0.39 is 11.6 Å². The van der Waals surface area contributed by atoms with Crippen molar-refractivity contribution in [3.05, 3.63) is 0 Å². The first-order chi connectivity index (χ1) is 9.28. The van der Waals surface area contributed by atoms with Crippen molar-refractivity contribution < 1.29 is 19.4 Å². The van der Waals surface area contributed by atoms with E-state index in [1.54, 1.807) is 0 Å². The van der Waals surface area contributed by atoms with Gasteiger partial charge < -0.3 is 15.2 Å². The first-order valence-corrected chi connectivity index (χ1v) is 7.16. The van der Waals surface area contributed by atoms with Gasteiger partial charge in [0.15, 0.2) is 0 Å². The summed E-state index contributed by atoms with van der Waals surface area (Å²) < 4.78 is 5.22. The third-order valence-electron chi connectivity index (χ3n) is 3.14. The van der Waals surface area contributed by atoms with Crippen molar-refractivity contribution in [2.24, 2.45) is 0 Å². The zero-order valence-electron chi connectivity index (χ0n) is 12.6. The van der Waals surface area contributed by atoms with Crippen molar-refractivity contribution >= 4 is 11.9 Å². The summed E-state index contributed by atoms with van der Waals surface area (Å²) in [7, 11) is 0. The third-order valence-corrected chi connectivity index (χ3v) is 3.14. The van der Waals surface area contributed by atoms with Gasteiger partial charge in [-0.2, -0.15) is 0 Å². The highest BCUT2D eigenvalue weighted by molar-refractivity contribution is 5.70. The first-order valence-electron chi connectivity index (χ1n) is 7.16. The summed E-state index contributed by atoms with van der Waals surface area (Å²) in [6.07, 6.45) is 2.38. The van der Waals surface area contributed by atoms with Gasteiger partial charge in [0.05, 0.1) is 13.0 Å². The molecule has 1 rings (SSSR count). The van der Waals surface area contributed by atoms with E-state index in [1.165, 1.54) is 0 Å². The molecule has 0 amide bonds. The maximum Gasteiger partial charge on any atom is 0.317 e. The molecule has 0 aromatic carbocycles. The van der Waals surface area contributed by atoms with Crippen LogP contribution in [0.25, 0.3) is 0 Å². The minimum absolute atomic E-state index is 0.0956. The highest BCUT2D eigenvalue weighted by Crippen LogP contribution is 2.15. The van der Waals surface area contributed by atoms with E-state index >= 15 is 0 Å². The number of nitrogens with zero attached hydrogens (tertiary/aromatic N) is 1. The van der Waals surface area contributed by atoms with E-state index in [-0.39, 0.29) is 18.6 Å². The van der Waals surface area contributed by atoms with E-state index in [1.807, 2.05) is 25.7 Å². The summed E-state index contributed by atoms with van der Waals surface area (Å²) in [6, 6.07) is 0.254. The van der Waals surface area contributed by atoms with Gasteiger partial charge in [0.2, 0.25) is 0 Å². The van der Waals surface area contributed by atoms with Crippen LogP contribution in [0.15, 0.2) is 0 Å². The van der Waals surface area contributed by atoms with Gasteiger partial charge in [0, 0.05) is 19.1 Å². The highest BCUT2D eigenvalue weighted by Gasteiger charge is 2.25. The van der Waals surface area contributed by atoms with Crippen molar-refractivity contribution in [2.45, 2.75) is 51.7 Å². The zero-order chi connectivity index (χ0) is 15.2. The summed E-state index contributed by atoms with van der Waals surface area (Å²) in [5.74, 6) is -0.996. The number of likely N-dealkylation sites (tertiary alicyclic amines) is 1. The van der Waals surface area contributed by atoms with Crippen LogP contribution in [0.3, 0.4) is 0 Å². The van der Waals surface area contributed by atoms with E-state index in [9.17, 15) is 9.59 Å². The molecule has 0 spiro atoms. The number of carboxylic acid groups (broad SMARTS) is 1. The van der Waals surface area contributed by atoms with Crippen molar-refractivity contribution in [1.82, 2.24) is 10.2 Å². The van der Waals surface area contributed by atoms with Crippen LogP contribution in [-0.4, -0.2) is 59.8 Å². The second kappa shape index (κ2) is 7.59. The normalized spacial score (nSPS) is 20.1. The topological polar surface area (TPSA) is 78.9 Å². The average Bonchev–Trinajstić information content (AvgIpc) is 2.68. The van der Waals surface area contributed by atoms with Gasteiger partial charge in [-0.15, -0.1) is 0 Å². The summed E-state index contributed by atoms with van der Waals surface area (Å²) in [4.78, 5) is 24.2. The molecule has 0 radical (unpaired) electrons. The minimum atomic E-state index is -0.786. The zero-order valence-corrected chi connectivity index (χ0v) is 12.6. The lowest BCUT2D eigenvalue weighted by atomic mass is 10.2. The molecule has 1 fully saturated rings. The fourth-order valence-corrected chi connectivity index (χ4v) is 2.36. The van der Waals surface area contributed by atoms with Crippen LogP contribution in [0.4, 0.5) is 0 Å². The smallest absolute Gasteiger partial charge is 0.317 e. The molecule has 1 aliphatic heterocycles. The number of ether oxygens (including phenoxy) is 1. The number of esters is 1. The molecule has 6 heteroatoms. The fourth-order valence-electron chi connectivity index (χ4n) is 2.36. The molecule has 1 atom stereocenters. The molecular formula is C14H26N2O4. The lowest BCUT2D eigenvalue weighted by molar-refractivity contribution is -0.154. The Morgan fingerprint density at radius 2 is 2.10 bits per heavy atom. The predicted octanol–water partition coefficient (Wildman–Crippen LogP) is 0.857. The van der Waals surface area contributed by atoms with E-state index in [0.29, 0.717) is 13.0 Å². The highest BCUT2D eigenvalue weighted by atomic mass is 16.6. The maximum absolute atomic E-state index is 11.5. The van der Waals surface area contributed by atoms with Crippen molar-refractivity contribution in [2.75, 3.05) is 26.2 Å². The number of hydrogen-bond acceptors (Lipinski definition) is 5. The SMILES string of the molecule is CC(C)(C)OC(=O)CCNC[C@@H]1CCCN1CC(=O)O. The summed E-state index contributed by atoms with van der Waals surface area (Å²) in [6.45, 7) is 7.76. The van der Waals surface area contributed by atoms with Crippen molar-refractivity contribution in [3.8, 4) is 0 Å². The molecule has 0 aromatic rings. The van der Waals surface area contributed by atoms with Crippen LogP contribution < -0.4 is 5.32 Å². The van der Waals surface area contributed by atoms with Crippen LogP contribution in [0, 0.1) is 0 Å². The number of hydrogen-bond donors (Lipinski definition) is 2. The lowest BCUT2D eigenvalue weighted by Crippen LogP contribution is -2.41. The Morgan fingerprint density at radius 1 is 1.40 bits per heavy atom. The van der Waals surface area contributed by atoms with Gasteiger partial charge >= 0.3 is 11.9 Å². The summed E-state index contributed by atoms with van der Waals surface area (Å²) in [5.41, 5.74) is -0.444.